The number of thiazole rings is 1. The van der Waals surface area contributed by atoms with Gasteiger partial charge in [-0.15, -0.1) is 11.3 Å². The quantitative estimate of drug-likeness (QED) is 0.785. The highest BCUT2D eigenvalue weighted by molar-refractivity contribution is 7.15. The lowest BCUT2D eigenvalue weighted by atomic mass is 10.00. The molecule has 0 bridgehead atoms. The molecule has 4 nitrogen and oxygen atoms in total. The van der Waals surface area contributed by atoms with Crippen molar-refractivity contribution in [1.29, 1.82) is 0 Å². The van der Waals surface area contributed by atoms with E-state index in [0.717, 1.165) is 21.8 Å². The van der Waals surface area contributed by atoms with E-state index in [4.69, 9.17) is 4.74 Å². The van der Waals surface area contributed by atoms with Crippen molar-refractivity contribution in [3.8, 4) is 0 Å². The summed E-state index contributed by atoms with van der Waals surface area (Å²) in [6, 6.07) is 7.81. The van der Waals surface area contributed by atoms with E-state index in [1.165, 1.54) is 0 Å². The number of aliphatic hydroxyl groups is 1. The molecule has 1 unspecified atom stereocenters. The minimum absolute atomic E-state index is 0.505. The highest BCUT2D eigenvalue weighted by atomic mass is 32.1. The predicted molar refractivity (Wildman–Crippen MR) is 78.9 cm³/mol. The third-order valence-electron chi connectivity index (χ3n) is 3.26. The molecule has 0 saturated heterocycles. The minimum Gasteiger partial charge on any atom is -0.388 e. The Morgan fingerprint density at radius 2 is 2.25 bits per heavy atom. The van der Waals surface area contributed by atoms with Crippen molar-refractivity contribution in [3.63, 3.8) is 0 Å². The van der Waals surface area contributed by atoms with E-state index in [0.29, 0.717) is 13.0 Å². The third kappa shape index (κ3) is 2.60. The first-order valence-electron chi connectivity index (χ1n) is 6.44. The van der Waals surface area contributed by atoms with E-state index >= 15 is 0 Å². The number of aliphatic hydroxyl groups excluding tert-OH is 1. The molecule has 5 heteroatoms. The van der Waals surface area contributed by atoms with Crippen LogP contribution < -0.4 is 0 Å². The molecule has 0 fully saturated rings. The Morgan fingerprint density at radius 1 is 1.40 bits per heavy atom. The minimum atomic E-state index is -0.564. The maximum atomic E-state index is 10.4. The topological polar surface area (TPSA) is 46.8 Å². The van der Waals surface area contributed by atoms with Gasteiger partial charge in [0.2, 0.25) is 0 Å². The summed E-state index contributed by atoms with van der Waals surface area (Å²) in [5.41, 5.74) is 2.82. The van der Waals surface area contributed by atoms with Gasteiger partial charge in [-0.05, 0) is 11.1 Å². The van der Waals surface area contributed by atoms with Crippen molar-refractivity contribution < 1.29 is 9.84 Å². The molecular formula is C15H16N2O2S. The average molecular weight is 288 g/mol. The summed E-state index contributed by atoms with van der Waals surface area (Å²) in [6.07, 6.45) is 3.89. The summed E-state index contributed by atoms with van der Waals surface area (Å²) in [4.78, 5) is 5.46. The van der Waals surface area contributed by atoms with Crippen LogP contribution in [0.1, 0.15) is 22.9 Å². The fraction of sp³-hybridized carbons (Fsp3) is 0.267. The molecule has 0 aliphatic carbocycles. The van der Waals surface area contributed by atoms with Gasteiger partial charge in [-0.2, -0.15) is 0 Å². The summed E-state index contributed by atoms with van der Waals surface area (Å²) in [7, 11) is 1.66. The number of imidazole rings is 1. The molecule has 104 valence electrons. The fourth-order valence-corrected chi connectivity index (χ4v) is 3.05. The second kappa shape index (κ2) is 5.75. The van der Waals surface area contributed by atoms with E-state index in [2.05, 4.69) is 4.98 Å². The molecule has 0 amide bonds. The first-order chi connectivity index (χ1) is 9.78. The lowest BCUT2D eigenvalue weighted by molar-refractivity contribution is 0.161. The van der Waals surface area contributed by atoms with Gasteiger partial charge in [0.15, 0.2) is 4.96 Å². The van der Waals surface area contributed by atoms with Crippen molar-refractivity contribution in [3.05, 3.63) is 58.9 Å². The van der Waals surface area contributed by atoms with Crippen LogP contribution in [0.2, 0.25) is 0 Å². The zero-order valence-electron chi connectivity index (χ0n) is 11.2. The van der Waals surface area contributed by atoms with E-state index in [1.54, 1.807) is 18.4 Å². The number of hydrogen-bond donors (Lipinski definition) is 1. The maximum Gasteiger partial charge on any atom is 0.193 e. The first-order valence-corrected chi connectivity index (χ1v) is 7.32. The van der Waals surface area contributed by atoms with Gasteiger partial charge in [0.25, 0.3) is 0 Å². The molecule has 0 spiro atoms. The number of rotatable bonds is 5. The second-order valence-corrected chi connectivity index (χ2v) is 5.55. The largest absolute Gasteiger partial charge is 0.388 e. The molecule has 2 aromatic heterocycles. The Hall–Kier alpha value is -1.69. The van der Waals surface area contributed by atoms with Crippen LogP contribution in [-0.2, 0) is 17.8 Å². The van der Waals surface area contributed by atoms with Crippen molar-refractivity contribution >= 4 is 16.3 Å². The molecular weight excluding hydrogens is 272 g/mol. The highest BCUT2D eigenvalue weighted by Crippen LogP contribution is 2.23. The Kier molecular flexibility index (Phi) is 3.82. The molecule has 1 atom stereocenters. The van der Waals surface area contributed by atoms with Gasteiger partial charge in [0.05, 0.1) is 18.4 Å². The predicted octanol–water partition coefficient (Wildman–Crippen LogP) is 2.82. The number of ether oxygens (including phenoxy) is 1. The maximum absolute atomic E-state index is 10.4. The lowest BCUT2D eigenvalue weighted by Crippen LogP contribution is -2.06. The molecule has 0 saturated carbocycles. The van der Waals surface area contributed by atoms with Crippen LogP contribution >= 0.6 is 11.3 Å². The van der Waals surface area contributed by atoms with Gasteiger partial charge in [-0.25, -0.2) is 4.98 Å². The van der Waals surface area contributed by atoms with E-state index in [-0.39, 0.29) is 0 Å². The second-order valence-electron chi connectivity index (χ2n) is 4.68. The smallest absolute Gasteiger partial charge is 0.193 e. The monoisotopic (exact) mass is 288 g/mol. The Balaban J connectivity index is 1.82. The number of nitrogens with zero attached hydrogens (tertiary/aromatic N) is 2. The highest BCUT2D eigenvalue weighted by Gasteiger charge is 2.14. The first kappa shape index (κ1) is 13.3. The van der Waals surface area contributed by atoms with Gasteiger partial charge in [0, 0.05) is 31.3 Å². The molecule has 3 aromatic rings. The van der Waals surface area contributed by atoms with Gasteiger partial charge in [0.1, 0.15) is 0 Å². The summed E-state index contributed by atoms with van der Waals surface area (Å²) in [6.45, 7) is 0.505. The fourth-order valence-electron chi connectivity index (χ4n) is 2.33. The van der Waals surface area contributed by atoms with Crippen LogP contribution in [0, 0.1) is 0 Å². The van der Waals surface area contributed by atoms with Crippen LogP contribution in [0.25, 0.3) is 4.96 Å². The third-order valence-corrected chi connectivity index (χ3v) is 4.03. The standard InChI is InChI=1S/C15H16N2O2S/c1-19-10-11-4-2-3-5-13(11)14(18)8-12-9-17-6-7-20-15(17)16-12/h2-7,9,14,18H,8,10H2,1H3. The van der Waals surface area contributed by atoms with Crippen molar-refractivity contribution in [2.45, 2.75) is 19.1 Å². The number of hydrogen-bond acceptors (Lipinski definition) is 4. The van der Waals surface area contributed by atoms with Crippen molar-refractivity contribution in [2.24, 2.45) is 0 Å². The molecule has 0 radical (unpaired) electrons. The van der Waals surface area contributed by atoms with Crippen LogP contribution in [0.15, 0.2) is 42.0 Å². The van der Waals surface area contributed by atoms with Gasteiger partial charge in [-0.3, -0.25) is 4.40 Å². The summed E-state index contributed by atoms with van der Waals surface area (Å²) < 4.78 is 7.16. The van der Waals surface area contributed by atoms with Gasteiger partial charge >= 0.3 is 0 Å². The number of fused-ring (bicyclic) bond motifs is 1. The van der Waals surface area contributed by atoms with Crippen molar-refractivity contribution in [2.75, 3.05) is 7.11 Å². The van der Waals surface area contributed by atoms with Crippen LogP contribution in [-0.4, -0.2) is 21.6 Å². The number of methoxy groups -OCH3 is 1. The molecule has 1 N–H and O–H groups in total. The van der Waals surface area contributed by atoms with E-state index in [9.17, 15) is 5.11 Å². The summed E-state index contributed by atoms with van der Waals surface area (Å²) >= 11 is 1.59. The van der Waals surface area contributed by atoms with Crippen molar-refractivity contribution in [1.82, 2.24) is 9.38 Å². The Labute approximate surface area is 121 Å². The SMILES string of the molecule is COCc1ccccc1C(O)Cc1cn2ccsc2n1. The molecule has 0 aliphatic rings. The summed E-state index contributed by atoms with van der Waals surface area (Å²) in [5, 5.41) is 12.4. The molecule has 20 heavy (non-hydrogen) atoms. The average Bonchev–Trinajstić information content (AvgIpc) is 3.00. The molecule has 1 aromatic carbocycles. The Bertz CT molecular complexity index is 676. The van der Waals surface area contributed by atoms with Gasteiger partial charge in [-0.1, -0.05) is 24.3 Å². The Morgan fingerprint density at radius 3 is 3.05 bits per heavy atom. The zero-order valence-corrected chi connectivity index (χ0v) is 12.0. The van der Waals surface area contributed by atoms with E-state index in [1.807, 2.05) is 46.4 Å². The number of aromatic nitrogens is 2. The lowest BCUT2D eigenvalue weighted by Gasteiger charge is -2.14. The molecule has 3 rings (SSSR count). The number of benzene rings is 1. The molecule has 0 aliphatic heterocycles. The van der Waals surface area contributed by atoms with Gasteiger partial charge < -0.3 is 9.84 Å². The normalized spacial score (nSPS) is 12.9. The van der Waals surface area contributed by atoms with Crippen LogP contribution in [0.5, 0.6) is 0 Å². The zero-order chi connectivity index (χ0) is 13.9. The van der Waals surface area contributed by atoms with Crippen LogP contribution in [0.4, 0.5) is 0 Å². The summed E-state index contributed by atoms with van der Waals surface area (Å²) in [5.74, 6) is 0. The van der Waals surface area contributed by atoms with Crippen LogP contribution in [0.3, 0.4) is 0 Å². The molecule has 2 heterocycles. The van der Waals surface area contributed by atoms with E-state index < -0.39 is 6.10 Å².